The maximum absolute atomic E-state index is 11.5. The van der Waals surface area contributed by atoms with E-state index in [-0.39, 0.29) is 11.7 Å². The van der Waals surface area contributed by atoms with E-state index >= 15 is 0 Å². The number of carbonyl (C=O) groups excluding carboxylic acids is 1. The Balaban J connectivity index is 2.44. The molecule has 0 bridgehead atoms. The molecular weight excluding hydrogens is 260 g/mol. The van der Waals surface area contributed by atoms with Gasteiger partial charge in [-0.25, -0.2) is 9.59 Å². The van der Waals surface area contributed by atoms with Crippen molar-refractivity contribution in [3.05, 3.63) is 23.9 Å². The number of nitrogens with one attached hydrogen (secondary N) is 2. The molecule has 0 radical (unpaired) electrons. The molecule has 0 saturated carbocycles. The van der Waals surface area contributed by atoms with Gasteiger partial charge in [-0.15, -0.1) is 0 Å². The van der Waals surface area contributed by atoms with Crippen molar-refractivity contribution in [1.82, 2.24) is 15.1 Å². The van der Waals surface area contributed by atoms with E-state index in [4.69, 9.17) is 0 Å². The van der Waals surface area contributed by atoms with Crippen LogP contribution in [0.2, 0.25) is 0 Å². The summed E-state index contributed by atoms with van der Waals surface area (Å²) in [7, 11) is 0. The van der Waals surface area contributed by atoms with Gasteiger partial charge in [0, 0.05) is 24.2 Å². The number of aryl methyl sites for hydroxylation is 1. The number of aromatic carboxylic acids is 1. The number of rotatable bonds is 4. The molecule has 0 fully saturated rings. The first-order chi connectivity index (χ1) is 9.56. The average molecular weight is 276 g/mol. The van der Waals surface area contributed by atoms with Crippen LogP contribution < -0.4 is 10.6 Å². The van der Waals surface area contributed by atoms with Crippen molar-refractivity contribution in [2.45, 2.75) is 20.4 Å². The van der Waals surface area contributed by atoms with E-state index in [2.05, 4.69) is 15.7 Å². The number of aromatic nitrogens is 2. The summed E-state index contributed by atoms with van der Waals surface area (Å²) in [5.41, 5.74) is 1.24. The first-order valence-corrected chi connectivity index (χ1v) is 6.35. The van der Waals surface area contributed by atoms with Gasteiger partial charge >= 0.3 is 12.0 Å². The van der Waals surface area contributed by atoms with Crippen molar-refractivity contribution in [3.63, 3.8) is 0 Å². The van der Waals surface area contributed by atoms with E-state index in [0.29, 0.717) is 24.2 Å². The Bertz CT molecular complexity index is 663. The summed E-state index contributed by atoms with van der Waals surface area (Å²) in [6, 6.07) is 4.76. The maximum atomic E-state index is 11.5. The third-order valence-electron chi connectivity index (χ3n) is 2.85. The van der Waals surface area contributed by atoms with Crippen LogP contribution >= 0.6 is 0 Å². The Morgan fingerprint density at radius 2 is 2.10 bits per heavy atom. The van der Waals surface area contributed by atoms with Crippen LogP contribution in [0.15, 0.2) is 18.2 Å². The zero-order valence-corrected chi connectivity index (χ0v) is 11.3. The Morgan fingerprint density at radius 1 is 1.35 bits per heavy atom. The first-order valence-electron chi connectivity index (χ1n) is 6.35. The van der Waals surface area contributed by atoms with Crippen molar-refractivity contribution in [1.29, 1.82) is 0 Å². The lowest BCUT2D eigenvalue weighted by atomic mass is 10.2. The monoisotopic (exact) mass is 276 g/mol. The number of urea groups is 1. The lowest BCUT2D eigenvalue weighted by molar-refractivity contribution is 0.0691. The minimum atomic E-state index is -1.09. The van der Waals surface area contributed by atoms with Crippen LogP contribution in [-0.2, 0) is 6.54 Å². The molecule has 2 amide bonds. The van der Waals surface area contributed by atoms with Gasteiger partial charge in [0.1, 0.15) is 0 Å². The Kier molecular flexibility index (Phi) is 3.88. The van der Waals surface area contributed by atoms with E-state index in [1.165, 1.54) is 0 Å². The zero-order chi connectivity index (χ0) is 14.7. The van der Waals surface area contributed by atoms with E-state index in [1.54, 1.807) is 22.9 Å². The Labute approximate surface area is 115 Å². The molecule has 2 aromatic rings. The first kappa shape index (κ1) is 13.9. The molecule has 0 aliphatic heterocycles. The molecule has 0 aliphatic carbocycles. The summed E-state index contributed by atoms with van der Waals surface area (Å²) in [5.74, 6) is -1.09. The van der Waals surface area contributed by atoms with Gasteiger partial charge in [0.2, 0.25) is 0 Å². The van der Waals surface area contributed by atoms with Gasteiger partial charge in [-0.2, -0.15) is 5.10 Å². The number of nitrogens with zero attached hydrogens (tertiary/aromatic N) is 2. The average Bonchev–Trinajstić information content (AvgIpc) is 2.77. The van der Waals surface area contributed by atoms with Gasteiger partial charge in [0.05, 0.1) is 5.52 Å². The van der Waals surface area contributed by atoms with Crippen LogP contribution in [0.5, 0.6) is 0 Å². The molecular formula is C13H16N4O3. The number of hydrogen-bond donors (Lipinski definition) is 3. The summed E-state index contributed by atoms with van der Waals surface area (Å²) >= 11 is 0. The standard InChI is InChI=1S/C13H16N4O3/c1-3-14-13(20)15-8-5-6-10-9(7-8)11(12(18)19)16-17(10)4-2/h5-7H,3-4H2,1-2H3,(H,18,19)(H2,14,15,20). The molecule has 0 saturated heterocycles. The molecule has 0 atom stereocenters. The summed E-state index contributed by atoms with van der Waals surface area (Å²) < 4.78 is 1.62. The smallest absolute Gasteiger partial charge is 0.357 e. The molecule has 0 aliphatic rings. The van der Waals surface area contributed by atoms with Crippen molar-refractivity contribution in [2.75, 3.05) is 11.9 Å². The van der Waals surface area contributed by atoms with Crippen molar-refractivity contribution in [3.8, 4) is 0 Å². The number of fused-ring (bicyclic) bond motifs is 1. The van der Waals surface area contributed by atoms with Crippen LogP contribution in [0.1, 0.15) is 24.3 Å². The fraction of sp³-hybridized carbons (Fsp3) is 0.308. The van der Waals surface area contributed by atoms with Crippen molar-refractivity contribution >= 4 is 28.6 Å². The number of carboxylic acids is 1. The molecule has 0 unspecified atom stereocenters. The number of amides is 2. The number of carbonyl (C=O) groups is 2. The third-order valence-corrected chi connectivity index (χ3v) is 2.85. The van der Waals surface area contributed by atoms with Gasteiger partial charge in [-0.3, -0.25) is 4.68 Å². The maximum Gasteiger partial charge on any atom is 0.357 e. The quantitative estimate of drug-likeness (QED) is 0.794. The number of hydrogen-bond acceptors (Lipinski definition) is 3. The Hall–Kier alpha value is -2.57. The van der Waals surface area contributed by atoms with E-state index in [9.17, 15) is 14.7 Å². The highest BCUT2D eigenvalue weighted by Gasteiger charge is 2.16. The molecule has 3 N–H and O–H groups in total. The zero-order valence-electron chi connectivity index (χ0n) is 11.3. The summed E-state index contributed by atoms with van der Waals surface area (Å²) in [6.07, 6.45) is 0. The lowest BCUT2D eigenvalue weighted by Gasteiger charge is -2.06. The van der Waals surface area contributed by atoms with Crippen LogP contribution in [0, 0.1) is 0 Å². The second kappa shape index (κ2) is 5.60. The molecule has 0 spiro atoms. The number of carboxylic acid groups (broad SMARTS) is 1. The van der Waals surface area contributed by atoms with E-state index in [1.807, 2.05) is 13.8 Å². The van der Waals surface area contributed by atoms with Crippen LogP contribution in [0.25, 0.3) is 10.9 Å². The Morgan fingerprint density at radius 3 is 2.70 bits per heavy atom. The molecule has 20 heavy (non-hydrogen) atoms. The van der Waals surface area contributed by atoms with Crippen molar-refractivity contribution < 1.29 is 14.7 Å². The lowest BCUT2D eigenvalue weighted by Crippen LogP contribution is -2.28. The topological polar surface area (TPSA) is 96.2 Å². The van der Waals surface area contributed by atoms with Crippen LogP contribution in [0.4, 0.5) is 10.5 Å². The largest absolute Gasteiger partial charge is 0.476 e. The molecule has 1 heterocycles. The SMILES string of the molecule is CCNC(=O)Nc1ccc2c(c1)c(C(=O)O)nn2CC. The second-order valence-electron chi connectivity index (χ2n) is 4.19. The van der Waals surface area contributed by atoms with Crippen LogP contribution in [-0.4, -0.2) is 33.4 Å². The fourth-order valence-corrected chi connectivity index (χ4v) is 1.99. The van der Waals surface area contributed by atoms with Gasteiger partial charge in [-0.05, 0) is 32.0 Å². The summed E-state index contributed by atoms with van der Waals surface area (Å²) in [5, 5.41) is 19.0. The van der Waals surface area contributed by atoms with Crippen molar-refractivity contribution in [2.24, 2.45) is 0 Å². The highest BCUT2D eigenvalue weighted by atomic mass is 16.4. The molecule has 7 nitrogen and oxygen atoms in total. The molecule has 7 heteroatoms. The van der Waals surface area contributed by atoms with Gasteiger partial charge in [-0.1, -0.05) is 0 Å². The highest BCUT2D eigenvalue weighted by molar-refractivity contribution is 6.03. The molecule has 1 aromatic carbocycles. The number of anilines is 1. The molecule has 106 valence electrons. The predicted molar refractivity (Wildman–Crippen MR) is 75.1 cm³/mol. The predicted octanol–water partition coefficient (Wildman–Crippen LogP) is 1.90. The van der Waals surface area contributed by atoms with Gasteiger partial charge in [0.25, 0.3) is 0 Å². The molecule has 1 aromatic heterocycles. The highest BCUT2D eigenvalue weighted by Crippen LogP contribution is 2.23. The van der Waals surface area contributed by atoms with Gasteiger partial charge < -0.3 is 15.7 Å². The molecule has 2 rings (SSSR count). The number of benzene rings is 1. The normalized spacial score (nSPS) is 10.5. The van der Waals surface area contributed by atoms with Crippen LogP contribution in [0.3, 0.4) is 0 Å². The second-order valence-corrected chi connectivity index (χ2v) is 4.19. The van der Waals surface area contributed by atoms with E-state index < -0.39 is 5.97 Å². The third kappa shape index (κ3) is 2.56. The summed E-state index contributed by atoms with van der Waals surface area (Å²) in [6.45, 7) is 4.80. The fourth-order valence-electron chi connectivity index (χ4n) is 1.99. The summed E-state index contributed by atoms with van der Waals surface area (Å²) in [4.78, 5) is 22.7. The minimum absolute atomic E-state index is 0.0126. The minimum Gasteiger partial charge on any atom is -0.476 e. The van der Waals surface area contributed by atoms with Gasteiger partial charge in [0.15, 0.2) is 5.69 Å². The van der Waals surface area contributed by atoms with E-state index in [0.717, 1.165) is 5.52 Å².